The first-order chi connectivity index (χ1) is 14.5. The Morgan fingerprint density at radius 2 is 2.13 bits per heavy atom. The number of hydrogen-bond donors (Lipinski definition) is 2. The fourth-order valence-electron chi connectivity index (χ4n) is 4.05. The van der Waals surface area contributed by atoms with Crippen molar-refractivity contribution in [1.29, 1.82) is 0 Å². The first-order valence-corrected chi connectivity index (χ1v) is 9.81. The maximum atomic E-state index is 13.9. The van der Waals surface area contributed by atoms with E-state index in [0.717, 1.165) is 17.7 Å². The van der Waals surface area contributed by atoms with Crippen LogP contribution in [0, 0.1) is 5.82 Å². The summed E-state index contributed by atoms with van der Waals surface area (Å²) in [5.41, 5.74) is 3.71. The van der Waals surface area contributed by atoms with Crippen LogP contribution in [0.4, 0.5) is 20.6 Å². The second kappa shape index (κ2) is 7.11. The first-order valence-electron chi connectivity index (χ1n) is 9.43. The van der Waals surface area contributed by atoms with E-state index in [-0.39, 0.29) is 11.9 Å². The van der Waals surface area contributed by atoms with Gasteiger partial charge in [0.2, 0.25) is 0 Å². The normalized spacial score (nSPS) is 16.8. The molecule has 0 saturated heterocycles. The Balaban J connectivity index is 1.52. The zero-order valence-corrected chi connectivity index (χ0v) is 16.4. The summed E-state index contributed by atoms with van der Waals surface area (Å²) < 4.78 is 13.9. The molecule has 3 aromatic rings. The SMILES string of the molecule is O=C1NC(c2cc(F)ccc2Cl)c2c(NC(=O)N3CCc4ccncc43)cccc21. The van der Waals surface area contributed by atoms with Crippen LogP contribution in [0.15, 0.2) is 54.9 Å². The molecule has 0 spiro atoms. The Kier molecular flexibility index (Phi) is 4.40. The number of anilines is 2. The number of rotatable bonds is 2. The number of carbonyl (C=O) groups excluding carboxylic acids is 2. The molecule has 3 amide bonds. The highest BCUT2D eigenvalue weighted by atomic mass is 35.5. The summed E-state index contributed by atoms with van der Waals surface area (Å²) in [5.74, 6) is -0.762. The van der Waals surface area contributed by atoms with Gasteiger partial charge in [-0.3, -0.25) is 14.7 Å². The molecule has 2 aliphatic heterocycles. The lowest BCUT2D eigenvalue weighted by molar-refractivity contribution is 0.0960. The van der Waals surface area contributed by atoms with Crippen LogP contribution >= 0.6 is 11.6 Å². The molecule has 0 saturated carbocycles. The van der Waals surface area contributed by atoms with Crippen molar-refractivity contribution >= 4 is 34.9 Å². The molecule has 6 nitrogen and oxygen atoms in total. The third-order valence-corrected chi connectivity index (χ3v) is 5.80. The molecule has 1 aromatic heterocycles. The Morgan fingerprint density at radius 3 is 3.00 bits per heavy atom. The average molecular weight is 423 g/mol. The number of fused-ring (bicyclic) bond motifs is 2. The van der Waals surface area contributed by atoms with E-state index in [1.807, 2.05) is 6.07 Å². The molecule has 8 heteroatoms. The van der Waals surface area contributed by atoms with Crippen molar-refractivity contribution < 1.29 is 14.0 Å². The number of halogens is 2. The predicted octanol–water partition coefficient (Wildman–Crippen LogP) is 4.30. The van der Waals surface area contributed by atoms with Crippen molar-refractivity contribution in [3.8, 4) is 0 Å². The minimum absolute atomic E-state index is 0.304. The van der Waals surface area contributed by atoms with Gasteiger partial charge >= 0.3 is 6.03 Å². The van der Waals surface area contributed by atoms with Crippen LogP contribution in [-0.4, -0.2) is 23.5 Å². The van der Waals surface area contributed by atoms with E-state index in [1.54, 1.807) is 35.5 Å². The number of nitrogens with zero attached hydrogens (tertiary/aromatic N) is 2. The van der Waals surface area contributed by atoms with Gasteiger partial charge in [-0.2, -0.15) is 0 Å². The summed E-state index contributed by atoms with van der Waals surface area (Å²) >= 11 is 6.29. The lowest BCUT2D eigenvalue weighted by Gasteiger charge is -2.21. The number of nitrogens with one attached hydrogen (secondary N) is 2. The van der Waals surface area contributed by atoms with Gasteiger partial charge < -0.3 is 10.6 Å². The van der Waals surface area contributed by atoms with Crippen molar-refractivity contribution in [1.82, 2.24) is 10.3 Å². The van der Waals surface area contributed by atoms with Crippen LogP contribution in [0.25, 0.3) is 0 Å². The van der Waals surface area contributed by atoms with Crippen LogP contribution in [-0.2, 0) is 6.42 Å². The van der Waals surface area contributed by atoms with Gasteiger partial charge in [-0.05, 0) is 48.4 Å². The number of benzene rings is 2. The van der Waals surface area contributed by atoms with Crippen molar-refractivity contribution in [2.24, 2.45) is 0 Å². The third-order valence-electron chi connectivity index (χ3n) is 5.45. The predicted molar refractivity (Wildman–Crippen MR) is 111 cm³/mol. The summed E-state index contributed by atoms with van der Waals surface area (Å²) in [4.78, 5) is 31.3. The standard InChI is InChI=1S/C22H16ClFN4O2/c23-16-5-4-13(24)10-15(16)20-19-14(21(29)27-20)2-1-3-17(19)26-22(30)28-9-7-12-6-8-25-11-18(12)28/h1-6,8,10-11,20H,7,9H2,(H,26,30)(H,27,29). The number of amides is 3. The molecule has 150 valence electrons. The number of carbonyl (C=O) groups is 2. The molecular formula is C22H16ClFN4O2. The van der Waals surface area contributed by atoms with Crippen molar-refractivity contribution in [3.63, 3.8) is 0 Å². The summed E-state index contributed by atoms with van der Waals surface area (Å²) in [6.07, 6.45) is 4.12. The van der Waals surface area contributed by atoms with Gasteiger partial charge in [0.1, 0.15) is 5.82 Å². The molecule has 0 aliphatic carbocycles. The van der Waals surface area contributed by atoms with Gasteiger partial charge in [0.25, 0.3) is 5.91 Å². The molecule has 1 atom stereocenters. The van der Waals surface area contributed by atoms with Gasteiger partial charge in [0.05, 0.1) is 17.9 Å². The monoisotopic (exact) mass is 422 g/mol. The van der Waals surface area contributed by atoms with E-state index < -0.39 is 11.9 Å². The van der Waals surface area contributed by atoms with Gasteiger partial charge in [0, 0.05) is 40.1 Å². The topological polar surface area (TPSA) is 74.3 Å². The van der Waals surface area contributed by atoms with Gasteiger partial charge in [0.15, 0.2) is 0 Å². The third kappa shape index (κ3) is 2.98. The van der Waals surface area contributed by atoms with Crippen LogP contribution in [0.2, 0.25) is 5.02 Å². The molecule has 5 rings (SSSR count). The van der Waals surface area contributed by atoms with E-state index in [2.05, 4.69) is 15.6 Å². The molecule has 0 radical (unpaired) electrons. The molecule has 2 aliphatic rings. The molecule has 2 aromatic carbocycles. The summed E-state index contributed by atoms with van der Waals surface area (Å²) in [6, 6.07) is 10.0. The van der Waals surface area contributed by atoms with Crippen molar-refractivity contribution in [2.75, 3.05) is 16.8 Å². The van der Waals surface area contributed by atoms with E-state index in [4.69, 9.17) is 11.6 Å². The largest absolute Gasteiger partial charge is 0.341 e. The summed E-state index contributed by atoms with van der Waals surface area (Å²) in [5, 5.41) is 6.08. The van der Waals surface area contributed by atoms with Crippen LogP contribution in [0.3, 0.4) is 0 Å². The maximum Gasteiger partial charge on any atom is 0.326 e. The fraction of sp³-hybridized carbons (Fsp3) is 0.136. The molecular weight excluding hydrogens is 407 g/mol. The zero-order chi connectivity index (χ0) is 20.8. The van der Waals surface area contributed by atoms with Crippen LogP contribution in [0.1, 0.15) is 33.1 Å². The summed E-state index contributed by atoms with van der Waals surface area (Å²) in [6.45, 7) is 0.540. The lowest BCUT2D eigenvalue weighted by atomic mass is 9.96. The maximum absolute atomic E-state index is 13.9. The molecule has 3 heterocycles. The van der Waals surface area contributed by atoms with Crippen molar-refractivity contribution in [3.05, 3.63) is 88.0 Å². The van der Waals surface area contributed by atoms with Crippen LogP contribution in [0.5, 0.6) is 0 Å². The highest BCUT2D eigenvalue weighted by molar-refractivity contribution is 6.31. The lowest BCUT2D eigenvalue weighted by Crippen LogP contribution is -2.33. The molecule has 2 N–H and O–H groups in total. The molecule has 0 bridgehead atoms. The second-order valence-corrected chi connectivity index (χ2v) is 7.58. The molecule has 1 unspecified atom stereocenters. The summed E-state index contributed by atoms with van der Waals surface area (Å²) in [7, 11) is 0. The number of pyridine rings is 1. The number of hydrogen-bond acceptors (Lipinski definition) is 3. The molecule has 0 fully saturated rings. The Morgan fingerprint density at radius 1 is 1.27 bits per heavy atom. The number of urea groups is 1. The Hall–Kier alpha value is -3.45. The Labute approximate surface area is 176 Å². The number of aromatic nitrogens is 1. The van der Waals surface area contributed by atoms with Crippen molar-refractivity contribution in [2.45, 2.75) is 12.5 Å². The van der Waals surface area contributed by atoms with Crippen LogP contribution < -0.4 is 15.5 Å². The Bertz CT molecular complexity index is 1200. The minimum atomic E-state index is -0.667. The molecule has 30 heavy (non-hydrogen) atoms. The van der Waals surface area contributed by atoms with E-state index in [9.17, 15) is 14.0 Å². The zero-order valence-electron chi connectivity index (χ0n) is 15.7. The average Bonchev–Trinajstić information content (AvgIpc) is 3.32. The van der Waals surface area contributed by atoms with Gasteiger partial charge in [-0.15, -0.1) is 0 Å². The quantitative estimate of drug-likeness (QED) is 0.646. The van der Waals surface area contributed by atoms with E-state index in [1.165, 1.54) is 18.2 Å². The van der Waals surface area contributed by atoms with Gasteiger partial charge in [-0.1, -0.05) is 17.7 Å². The van der Waals surface area contributed by atoms with E-state index >= 15 is 0 Å². The van der Waals surface area contributed by atoms with Gasteiger partial charge in [-0.25, -0.2) is 9.18 Å². The fourth-order valence-corrected chi connectivity index (χ4v) is 4.28. The minimum Gasteiger partial charge on any atom is -0.341 e. The van der Waals surface area contributed by atoms with E-state index in [0.29, 0.717) is 33.9 Å². The smallest absolute Gasteiger partial charge is 0.326 e. The highest BCUT2D eigenvalue weighted by Crippen LogP contribution is 2.39. The first kappa shape index (κ1) is 18.6. The second-order valence-electron chi connectivity index (χ2n) is 7.18. The highest BCUT2D eigenvalue weighted by Gasteiger charge is 2.34.